The van der Waals surface area contributed by atoms with Crippen LogP contribution in [0.1, 0.15) is 36.7 Å². The second-order valence-electron chi connectivity index (χ2n) is 7.18. The van der Waals surface area contributed by atoms with E-state index in [1.165, 1.54) is 12.8 Å². The standard InChI is InChI=1S/C17H23N7O/c1-12-8-16(20-17(19-12)22-5-2-3-6-22)23-7-4-15-14(10-23)24-13(11-25-15)9-18-21-24/h8-9,14-15H,2-7,10-11H2,1H3/t14-,15+/m0/s1. The van der Waals surface area contributed by atoms with Gasteiger partial charge in [-0.2, -0.15) is 4.98 Å². The molecule has 0 spiro atoms. The first-order chi connectivity index (χ1) is 12.3. The van der Waals surface area contributed by atoms with Gasteiger partial charge in [0, 0.05) is 37.9 Å². The number of nitrogens with zero attached hydrogens (tertiary/aromatic N) is 7. The summed E-state index contributed by atoms with van der Waals surface area (Å²) in [6.45, 7) is 6.57. The van der Waals surface area contributed by atoms with Gasteiger partial charge in [0.25, 0.3) is 0 Å². The Kier molecular flexibility index (Phi) is 3.58. The normalized spacial score (nSPS) is 25.8. The van der Waals surface area contributed by atoms with Crippen LogP contribution in [0.15, 0.2) is 12.3 Å². The zero-order valence-electron chi connectivity index (χ0n) is 14.5. The molecule has 8 nitrogen and oxygen atoms in total. The molecule has 2 fully saturated rings. The lowest BCUT2D eigenvalue weighted by Crippen LogP contribution is -2.48. The smallest absolute Gasteiger partial charge is 0.227 e. The van der Waals surface area contributed by atoms with Crippen LogP contribution >= 0.6 is 0 Å². The molecule has 0 aromatic carbocycles. The van der Waals surface area contributed by atoms with Crippen molar-refractivity contribution in [2.24, 2.45) is 0 Å². The molecule has 5 heterocycles. The van der Waals surface area contributed by atoms with Gasteiger partial charge in [-0.05, 0) is 26.2 Å². The van der Waals surface area contributed by atoms with Crippen molar-refractivity contribution >= 4 is 11.8 Å². The summed E-state index contributed by atoms with van der Waals surface area (Å²) in [4.78, 5) is 14.2. The monoisotopic (exact) mass is 341 g/mol. The molecular formula is C17H23N7O. The summed E-state index contributed by atoms with van der Waals surface area (Å²) in [7, 11) is 0. The maximum atomic E-state index is 6.01. The minimum absolute atomic E-state index is 0.200. The van der Waals surface area contributed by atoms with Crippen LogP contribution in [-0.4, -0.2) is 57.2 Å². The van der Waals surface area contributed by atoms with E-state index >= 15 is 0 Å². The molecule has 3 aliphatic rings. The molecule has 0 N–H and O–H groups in total. The van der Waals surface area contributed by atoms with Crippen molar-refractivity contribution in [3.05, 3.63) is 23.7 Å². The van der Waals surface area contributed by atoms with Gasteiger partial charge in [-0.1, -0.05) is 5.21 Å². The highest BCUT2D eigenvalue weighted by Gasteiger charge is 2.37. The van der Waals surface area contributed by atoms with Crippen LogP contribution in [0.25, 0.3) is 0 Å². The fourth-order valence-corrected chi connectivity index (χ4v) is 4.14. The Morgan fingerprint density at radius 1 is 1.12 bits per heavy atom. The summed E-state index contributed by atoms with van der Waals surface area (Å²) >= 11 is 0. The van der Waals surface area contributed by atoms with Gasteiger partial charge in [0.1, 0.15) is 5.82 Å². The maximum absolute atomic E-state index is 6.01. The first-order valence-electron chi connectivity index (χ1n) is 9.14. The average Bonchev–Trinajstić information content (AvgIpc) is 3.32. The number of hydrogen-bond donors (Lipinski definition) is 0. The van der Waals surface area contributed by atoms with Crippen molar-refractivity contribution in [3.63, 3.8) is 0 Å². The van der Waals surface area contributed by atoms with E-state index in [-0.39, 0.29) is 12.1 Å². The van der Waals surface area contributed by atoms with Crippen LogP contribution in [0.3, 0.4) is 0 Å². The molecule has 2 aromatic heterocycles. The Balaban J connectivity index is 1.43. The molecule has 0 saturated carbocycles. The van der Waals surface area contributed by atoms with Crippen LogP contribution in [0.2, 0.25) is 0 Å². The zero-order chi connectivity index (χ0) is 16.8. The Bertz CT molecular complexity index is 770. The molecule has 0 bridgehead atoms. The second kappa shape index (κ2) is 5.94. The lowest BCUT2D eigenvalue weighted by molar-refractivity contribution is -0.0373. The molecule has 0 unspecified atom stereocenters. The van der Waals surface area contributed by atoms with Crippen LogP contribution < -0.4 is 9.80 Å². The lowest BCUT2D eigenvalue weighted by Gasteiger charge is -2.41. The van der Waals surface area contributed by atoms with Crippen molar-refractivity contribution in [2.75, 3.05) is 36.0 Å². The Morgan fingerprint density at radius 2 is 2.00 bits per heavy atom. The minimum atomic E-state index is 0.200. The number of ether oxygens (including phenoxy) is 1. The molecule has 2 atom stereocenters. The molecule has 132 valence electrons. The van der Waals surface area contributed by atoms with Gasteiger partial charge in [-0.25, -0.2) is 9.67 Å². The quantitative estimate of drug-likeness (QED) is 0.816. The predicted octanol–water partition coefficient (Wildman–Crippen LogP) is 1.33. The Morgan fingerprint density at radius 3 is 2.88 bits per heavy atom. The van der Waals surface area contributed by atoms with E-state index in [4.69, 9.17) is 9.72 Å². The number of anilines is 2. The Hall–Kier alpha value is -2.22. The molecule has 2 aromatic rings. The van der Waals surface area contributed by atoms with Gasteiger partial charge >= 0.3 is 0 Å². The first-order valence-corrected chi connectivity index (χ1v) is 9.14. The summed E-state index contributed by atoms with van der Waals surface area (Å²) in [5, 5.41) is 8.34. The highest BCUT2D eigenvalue weighted by atomic mass is 16.5. The third kappa shape index (κ3) is 2.64. The van der Waals surface area contributed by atoms with Crippen molar-refractivity contribution in [2.45, 2.75) is 44.9 Å². The molecule has 0 aliphatic carbocycles. The summed E-state index contributed by atoms with van der Waals surface area (Å²) in [6, 6.07) is 2.29. The topological polar surface area (TPSA) is 72.2 Å². The van der Waals surface area contributed by atoms with Crippen LogP contribution in [0.4, 0.5) is 11.8 Å². The molecule has 0 radical (unpaired) electrons. The van der Waals surface area contributed by atoms with E-state index in [0.29, 0.717) is 6.61 Å². The molecule has 2 saturated heterocycles. The number of aryl methyl sites for hydroxylation is 1. The van der Waals surface area contributed by atoms with E-state index in [1.807, 2.05) is 4.68 Å². The fraction of sp³-hybridized carbons (Fsp3) is 0.647. The zero-order valence-corrected chi connectivity index (χ0v) is 14.5. The van der Waals surface area contributed by atoms with Gasteiger partial charge in [-0.3, -0.25) is 0 Å². The van der Waals surface area contributed by atoms with Gasteiger partial charge in [0.15, 0.2) is 0 Å². The number of fused-ring (bicyclic) bond motifs is 3. The van der Waals surface area contributed by atoms with E-state index in [1.54, 1.807) is 6.20 Å². The molecule has 3 aliphatic heterocycles. The summed E-state index contributed by atoms with van der Waals surface area (Å²) in [6.07, 6.45) is 5.45. The van der Waals surface area contributed by atoms with Crippen LogP contribution in [0, 0.1) is 6.92 Å². The number of rotatable bonds is 2. The third-order valence-electron chi connectivity index (χ3n) is 5.47. The Labute approximate surface area is 146 Å². The number of aromatic nitrogens is 5. The maximum Gasteiger partial charge on any atom is 0.227 e. The largest absolute Gasteiger partial charge is 0.370 e. The lowest BCUT2D eigenvalue weighted by atomic mass is 10.0. The van der Waals surface area contributed by atoms with E-state index in [2.05, 4.69) is 38.1 Å². The summed E-state index contributed by atoms with van der Waals surface area (Å²) in [5.41, 5.74) is 2.08. The molecule has 5 rings (SSSR count). The van der Waals surface area contributed by atoms with Crippen molar-refractivity contribution in [1.29, 1.82) is 0 Å². The highest BCUT2D eigenvalue weighted by molar-refractivity contribution is 5.47. The van der Waals surface area contributed by atoms with Crippen molar-refractivity contribution in [3.8, 4) is 0 Å². The van der Waals surface area contributed by atoms with Crippen molar-refractivity contribution in [1.82, 2.24) is 25.0 Å². The number of hydrogen-bond acceptors (Lipinski definition) is 7. The van der Waals surface area contributed by atoms with Crippen LogP contribution in [-0.2, 0) is 11.3 Å². The number of piperidine rings is 1. The van der Waals surface area contributed by atoms with Crippen molar-refractivity contribution < 1.29 is 4.74 Å². The van der Waals surface area contributed by atoms with E-state index < -0.39 is 0 Å². The third-order valence-corrected chi connectivity index (χ3v) is 5.47. The summed E-state index contributed by atoms with van der Waals surface area (Å²) < 4.78 is 8.05. The van der Waals surface area contributed by atoms with E-state index in [9.17, 15) is 0 Å². The highest BCUT2D eigenvalue weighted by Crippen LogP contribution is 2.32. The first kappa shape index (κ1) is 15.1. The SMILES string of the molecule is Cc1cc(N2CC[C@H]3OCc4cnnn4[C@H]3C2)nc(N2CCCC2)n1. The molecular weight excluding hydrogens is 318 g/mol. The molecule has 8 heteroatoms. The van der Waals surface area contributed by atoms with Gasteiger partial charge in [0.05, 0.1) is 30.6 Å². The second-order valence-corrected chi connectivity index (χ2v) is 7.18. The summed E-state index contributed by atoms with van der Waals surface area (Å²) in [5.74, 6) is 1.89. The fourth-order valence-electron chi connectivity index (χ4n) is 4.14. The average molecular weight is 341 g/mol. The van der Waals surface area contributed by atoms with Gasteiger partial charge < -0.3 is 14.5 Å². The van der Waals surface area contributed by atoms with Gasteiger partial charge in [-0.15, -0.1) is 5.10 Å². The predicted molar refractivity (Wildman–Crippen MR) is 92.7 cm³/mol. The van der Waals surface area contributed by atoms with E-state index in [0.717, 1.165) is 55.8 Å². The minimum Gasteiger partial charge on any atom is -0.370 e. The van der Waals surface area contributed by atoms with Crippen LogP contribution in [0.5, 0.6) is 0 Å². The molecule has 25 heavy (non-hydrogen) atoms. The van der Waals surface area contributed by atoms with Gasteiger partial charge in [0.2, 0.25) is 5.95 Å². The molecule has 0 amide bonds.